The number of hydrogen-bond donors (Lipinski definition) is 2. The lowest BCUT2D eigenvalue weighted by atomic mass is 9.98. The maximum absolute atomic E-state index is 10.4. The largest absolute Gasteiger partial charge is 0.507 e. The van der Waals surface area contributed by atoms with E-state index >= 15 is 0 Å². The zero-order chi connectivity index (χ0) is 24.5. The number of hydrogen-bond acceptors (Lipinski definition) is 7. The van der Waals surface area contributed by atoms with E-state index < -0.39 is 0 Å². The smallest absolute Gasteiger partial charge is 0.150 e. The molecule has 9 heteroatoms. The molecule has 0 saturated carbocycles. The average molecular weight is 511 g/mol. The highest BCUT2D eigenvalue weighted by Gasteiger charge is 2.21. The molecule has 2 N–H and O–H groups in total. The predicted molar refractivity (Wildman–Crippen MR) is 150 cm³/mol. The van der Waals surface area contributed by atoms with Crippen molar-refractivity contribution < 1.29 is 5.11 Å². The highest BCUT2D eigenvalue weighted by molar-refractivity contribution is 7.21. The second-order valence-electron chi connectivity index (χ2n) is 9.25. The maximum Gasteiger partial charge on any atom is 0.150 e. The molecule has 0 spiro atoms. The summed E-state index contributed by atoms with van der Waals surface area (Å²) >= 11 is 3.70. The topological polar surface area (TPSA) is 65.7 Å². The molecule has 1 atom stereocenters. The summed E-state index contributed by atoms with van der Waals surface area (Å²) in [5.74, 6) is 1.54. The van der Waals surface area contributed by atoms with E-state index in [2.05, 4.69) is 49.9 Å². The van der Waals surface area contributed by atoms with Crippen molar-refractivity contribution in [2.24, 2.45) is 5.92 Å². The van der Waals surface area contributed by atoms with Crippen LogP contribution in [-0.4, -0.2) is 52.1 Å². The van der Waals surface area contributed by atoms with Crippen molar-refractivity contribution in [3.63, 3.8) is 0 Å². The van der Waals surface area contributed by atoms with Gasteiger partial charge in [0.2, 0.25) is 0 Å². The molecule has 1 aromatic carbocycles. The SMILES string of the molecule is [B]c1cnn2c(NCC3CCCN(Cc4ccc(-c5cccs5)s4)C3)cc(-c3ccccc3O)nc12. The molecule has 1 aliphatic rings. The number of likely N-dealkylation sites (tertiary alicyclic amines) is 1. The van der Waals surface area contributed by atoms with Gasteiger partial charge in [0.1, 0.15) is 19.4 Å². The lowest BCUT2D eigenvalue weighted by Gasteiger charge is -2.32. The Balaban J connectivity index is 1.16. The molecule has 36 heavy (non-hydrogen) atoms. The van der Waals surface area contributed by atoms with Crippen LogP contribution in [0.25, 0.3) is 26.7 Å². The molecule has 4 aromatic heterocycles. The van der Waals surface area contributed by atoms with Crippen LogP contribution in [0.1, 0.15) is 17.7 Å². The fraction of sp³-hybridized carbons (Fsp3) is 0.259. The van der Waals surface area contributed by atoms with E-state index in [1.165, 1.54) is 27.5 Å². The van der Waals surface area contributed by atoms with Gasteiger partial charge in [-0.2, -0.15) is 9.61 Å². The normalized spacial score (nSPS) is 16.5. The molecule has 1 saturated heterocycles. The maximum atomic E-state index is 10.4. The third kappa shape index (κ3) is 4.78. The van der Waals surface area contributed by atoms with Crippen molar-refractivity contribution in [2.75, 3.05) is 25.0 Å². The van der Waals surface area contributed by atoms with Crippen LogP contribution >= 0.6 is 22.7 Å². The van der Waals surface area contributed by atoms with Gasteiger partial charge >= 0.3 is 0 Å². The number of nitrogens with zero attached hydrogens (tertiary/aromatic N) is 4. The van der Waals surface area contributed by atoms with E-state index in [0.29, 0.717) is 28.3 Å². The first kappa shape index (κ1) is 23.3. The van der Waals surface area contributed by atoms with Gasteiger partial charge in [0.15, 0.2) is 5.65 Å². The summed E-state index contributed by atoms with van der Waals surface area (Å²) in [7, 11) is 6.15. The van der Waals surface area contributed by atoms with Gasteiger partial charge in [-0.15, -0.1) is 22.7 Å². The summed E-state index contributed by atoms with van der Waals surface area (Å²) in [6.07, 6.45) is 4.01. The summed E-state index contributed by atoms with van der Waals surface area (Å²) in [5.41, 5.74) is 2.44. The second-order valence-corrected chi connectivity index (χ2v) is 11.4. The first-order valence-corrected chi connectivity index (χ1v) is 13.8. The number of aromatic nitrogens is 3. The zero-order valence-corrected chi connectivity index (χ0v) is 21.4. The summed E-state index contributed by atoms with van der Waals surface area (Å²) in [6, 6.07) is 18.0. The van der Waals surface area contributed by atoms with Crippen LogP contribution < -0.4 is 10.8 Å². The number of anilines is 1. The van der Waals surface area contributed by atoms with Gasteiger partial charge in [-0.05, 0) is 66.5 Å². The monoisotopic (exact) mass is 511 g/mol. The van der Waals surface area contributed by atoms with Gasteiger partial charge in [-0.25, -0.2) is 4.98 Å². The molecule has 1 unspecified atom stereocenters. The van der Waals surface area contributed by atoms with Crippen LogP contribution in [0.3, 0.4) is 0 Å². The standard InChI is InChI=1S/C27H26BN5OS2/c28-21-15-30-33-26(13-22(31-27(21)33)20-6-1-2-7-23(20)34)29-14-18-5-3-11-32(16-18)17-19-9-10-25(36-19)24-8-4-12-35-24/h1-2,4,6-10,12-13,15,18,29,34H,3,5,11,14,16-17H2. The Kier molecular flexibility index (Phi) is 6.52. The molecule has 0 amide bonds. The van der Waals surface area contributed by atoms with Crippen LogP contribution in [0.4, 0.5) is 5.82 Å². The molecule has 5 heterocycles. The van der Waals surface area contributed by atoms with Crippen molar-refractivity contribution >= 4 is 47.4 Å². The number of benzene rings is 1. The Morgan fingerprint density at radius 1 is 1.11 bits per heavy atom. The molecule has 1 aliphatic heterocycles. The molecule has 6 rings (SSSR count). The van der Waals surface area contributed by atoms with Crippen molar-refractivity contribution in [3.05, 3.63) is 71.1 Å². The van der Waals surface area contributed by atoms with Crippen molar-refractivity contribution in [3.8, 4) is 26.8 Å². The van der Waals surface area contributed by atoms with Crippen LogP contribution in [0.5, 0.6) is 5.75 Å². The highest BCUT2D eigenvalue weighted by atomic mass is 32.1. The van der Waals surface area contributed by atoms with Crippen LogP contribution in [0.15, 0.2) is 66.2 Å². The average Bonchev–Trinajstić information content (AvgIpc) is 3.65. The fourth-order valence-electron chi connectivity index (χ4n) is 4.88. The minimum atomic E-state index is 0.192. The lowest BCUT2D eigenvalue weighted by Crippen LogP contribution is -2.37. The Bertz CT molecular complexity index is 1480. The Labute approximate surface area is 219 Å². The number of phenols is 1. The Morgan fingerprint density at radius 3 is 2.89 bits per heavy atom. The van der Waals surface area contributed by atoms with E-state index in [-0.39, 0.29) is 5.75 Å². The van der Waals surface area contributed by atoms with Gasteiger partial charge in [0.25, 0.3) is 0 Å². The van der Waals surface area contributed by atoms with Crippen LogP contribution in [-0.2, 0) is 6.54 Å². The van der Waals surface area contributed by atoms with E-state index in [9.17, 15) is 5.11 Å². The van der Waals surface area contributed by atoms with E-state index in [0.717, 1.165) is 32.0 Å². The molecule has 5 aromatic rings. The van der Waals surface area contributed by atoms with Gasteiger partial charge in [0.05, 0.1) is 5.69 Å². The number of fused-ring (bicyclic) bond motifs is 1. The highest BCUT2D eigenvalue weighted by Crippen LogP contribution is 2.33. The van der Waals surface area contributed by atoms with Crippen molar-refractivity contribution in [2.45, 2.75) is 19.4 Å². The molecule has 2 radical (unpaired) electrons. The van der Waals surface area contributed by atoms with Crippen LogP contribution in [0.2, 0.25) is 0 Å². The minimum Gasteiger partial charge on any atom is -0.507 e. The molecule has 180 valence electrons. The minimum absolute atomic E-state index is 0.192. The third-order valence-electron chi connectivity index (χ3n) is 6.66. The molecule has 6 nitrogen and oxygen atoms in total. The molecule has 1 fully saturated rings. The summed E-state index contributed by atoms with van der Waals surface area (Å²) in [6.45, 7) is 4.02. The summed E-state index contributed by atoms with van der Waals surface area (Å²) in [5, 5.41) is 20.5. The lowest BCUT2D eigenvalue weighted by molar-refractivity contribution is 0.174. The first-order valence-electron chi connectivity index (χ1n) is 12.2. The van der Waals surface area contributed by atoms with Gasteiger partial charge < -0.3 is 10.4 Å². The molecule has 0 aliphatic carbocycles. The van der Waals surface area contributed by atoms with Crippen molar-refractivity contribution in [1.82, 2.24) is 19.5 Å². The number of nitrogens with one attached hydrogen (secondary N) is 1. The predicted octanol–water partition coefficient (Wildman–Crippen LogP) is 5.01. The number of piperidine rings is 1. The van der Waals surface area contributed by atoms with Crippen LogP contribution in [0, 0.1) is 5.92 Å². The number of aromatic hydroxyl groups is 1. The zero-order valence-electron chi connectivity index (χ0n) is 19.8. The Morgan fingerprint density at radius 2 is 2.03 bits per heavy atom. The molecule has 0 bridgehead atoms. The number of thiophene rings is 2. The first-order chi connectivity index (χ1) is 17.6. The fourth-order valence-corrected chi connectivity index (χ4v) is 6.76. The van der Waals surface area contributed by atoms with Gasteiger partial charge in [-0.1, -0.05) is 18.2 Å². The third-order valence-corrected chi connectivity index (χ3v) is 8.79. The van der Waals surface area contributed by atoms with Crippen molar-refractivity contribution in [1.29, 1.82) is 0 Å². The number of phenolic OH excluding ortho intramolecular Hbond substituents is 1. The molecular weight excluding hydrogens is 485 g/mol. The number of para-hydroxylation sites is 1. The summed E-state index contributed by atoms with van der Waals surface area (Å²) in [4.78, 5) is 11.4. The number of rotatable bonds is 7. The van der Waals surface area contributed by atoms with Gasteiger partial charge in [-0.3, -0.25) is 4.90 Å². The Hall–Kier alpha value is -3.14. The molecular formula is C27H26BN5OS2. The van der Waals surface area contributed by atoms with E-state index in [1.807, 2.05) is 29.5 Å². The summed E-state index contributed by atoms with van der Waals surface area (Å²) < 4.78 is 1.75. The second kappa shape index (κ2) is 10.1. The van der Waals surface area contributed by atoms with E-state index in [4.69, 9.17) is 7.85 Å². The quantitative estimate of drug-likeness (QED) is 0.301. The van der Waals surface area contributed by atoms with E-state index in [1.54, 1.807) is 34.2 Å². The van der Waals surface area contributed by atoms with Gasteiger partial charge in [0, 0.05) is 52.1 Å².